The summed E-state index contributed by atoms with van der Waals surface area (Å²) in [4.78, 5) is 11.9. The first-order chi connectivity index (χ1) is 10.7. The van der Waals surface area contributed by atoms with Crippen LogP contribution in [-0.4, -0.2) is 19.0 Å². The second-order valence-electron chi connectivity index (χ2n) is 5.77. The van der Waals surface area contributed by atoms with E-state index in [9.17, 15) is 4.79 Å². The minimum Gasteiger partial charge on any atom is -0.467 e. The second-order valence-corrected chi connectivity index (χ2v) is 5.77. The SMILES string of the molecule is CC(C)CCNC(=O)CN[C@@H](c1ccccc1)c1ccco1. The molecule has 4 nitrogen and oxygen atoms in total. The maximum Gasteiger partial charge on any atom is 0.233 e. The fraction of sp³-hybridized carbons (Fsp3) is 0.389. The van der Waals surface area contributed by atoms with Gasteiger partial charge in [-0.25, -0.2) is 0 Å². The van der Waals surface area contributed by atoms with E-state index >= 15 is 0 Å². The number of carbonyl (C=O) groups is 1. The van der Waals surface area contributed by atoms with Gasteiger partial charge in [0, 0.05) is 6.54 Å². The van der Waals surface area contributed by atoms with Gasteiger partial charge in [-0.3, -0.25) is 10.1 Å². The lowest BCUT2D eigenvalue weighted by molar-refractivity contribution is -0.120. The number of benzene rings is 1. The number of carbonyl (C=O) groups excluding carboxylic acids is 1. The number of hydrogen-bond acceptors (Lipinski definition) is 3. The Balaban J connectivity index is 1.92. The Hall–Kier alpha value is -2.07. The van der Waals surface area contributed by atoms with Gasteiger partial charge in [-0.15, -0.1) is 0 Å². The number of rotatable bonds is 8. The lowest BCUT2D eigenvalue weighted by atomic mass is 10.0. The molecule has 0 spiro atoms. The zero-order valence-electron chi connectivity index (χ0n) is 13.2. The fourth-order valence-corrected chi connectivity index (χ4v) is 2.24. The van der Waals surface area contributed by atoms with Crippen molar-refractivity contribution >= 4 is 5.91 Å². The summed E-state index contributed by atoms with van der Waals surface area (Å²) < 4.78 is 5.50. The molecule has 1 atom stereocenters. The minimum atomic E-state index is -0.118. The van der Waals surface area contributed by atoms with Gasteiger partial charge in [-0.2, -0.15) is 0 Å². The third-order valence-electron chi connectivity index (χ3n) is 3.47. The van der Waals surface area contributed by atoms with E-state index in [2.05, 4.69) is 24.5 Å². The lowest BCUT2D eigenvalue weighted by Crippen LogP contribution is -2.36. The van der Waals surface area contributed by atoms with Gasteiger partial charge in [0.15, 0.2) is 0 Å². The van der Waals surface area contributed by atoms with Crippen LogP contribution in [0.2, 0.25) is 0 Å². The molecule has 0 saturated carbocycles. The smallest absolute Gasteiger partial charge is 0.233 e. The molecule has 0 bridgehead atoms. The molecule has 0 unspecified atom stereocenters. The van der Waals surface area contributed by atoms with Crippen molar-refractivity contribution in [1.29, 1.82) is 0 Å². The molecule has 0 aliphatic heterocycles. The topological polar surface area (TPSA) is 54.3 Å². The average molecular weight is 300 g/mol. The number of amides is 1. The zero-order valence-corrected chi connectivity index (χ0v) is 13.2. The normalized spacial score (nSPS) is 12.3. The van der Waals surface area contributed by atoms with Crippen LogP contribution < -0.4 is 10.6 Å². The average Bonchev–Trinajstić information content (AvgIpc) is 3.02. The summed E-state index contributed by atoms with van der Waals surface area (Å²) in [6, 6.07) is 13.6. The van der Waals surface area contributed by atoms with Gasteiger partial charge in [-0.05, 0) is 30.0 Å². The molecule has 2 N–H and O–H groups in total. The summed E-state index contributed by atoms with van der Waals surface area (Å²) >= 11 is 0. The Morgan fingerprint density at radius 1 is 1.14 bits per heavy atom. The van der Waals surface area contributed by atoms with E-state index in [1.807, 2.05) is 42.5 Å². The number of nitrogens with one attached hydrogen (secondary N) is 2. The molecule has 1 amide bonds. The first kappa shape index (κ1) is 16.3. The molecular weight excluding hydrogens is 276 g/mol. The third-order valence-corrected chi connectivity index (χ3v) is 3.47. The van der Waals surface area contributed by atoms with Crippen LogP contribution >= 0.6 is 0 Å². The number of hydrogen-bond donors (Lipinski definition) is 2. The minimum absolute atomic E-state index is 0.00753. The van der Waals surface area contributed by atoms with Crippen LogP contribution in [0.4, 0.5) is 0 Å². The van der Waals surface area contributed by atoms with Crippen LogP contribution in [0.1, 0.15) is 37.6 Å². The summed E-state index contributed by atoms with van der Waals surface area (Å²) in [5.74, 6) is 1.41. The standard InChI is InChI=1S/C18H24N2O2/c1-14(2)10-11-19-17(21)13-20-18(16-9-6-12-22-16)15-7-4-3-5-8-15/h3-9,12,14,18,20H,10-11,13H2,1-2H3,(H,19,21)/t18-/m0/s1. The van der Waals surface area contributed by atoms with Crippen molar-refractivity contribution in [3.8, 4) is 0 Å². The van der Waals surface area contributed by atoms with Crippen molar-refractivity contribution in [1.82, 2.24) is 10.6 Å². The van der Waals surface area contributed by atoms with Crippen molar-refractivity contribution in [2.24, 2.45) is 5.92 Å². The van der Waals surface area contributed by atoms with Gasteiger partial charge in [0.1, 0.15) is 5.76 Å². The van der Waals surface area contributed by atoms with E-state index in [0.29, 0.717) is 5.92 Å². The maximum absolute atomic E-state index is 11.9. The van der Waals surface area contributed by atoms with Gasteiger partial charge < -0.3 is 9.73 Å². The van der Waals surface area contributed by atoms with Crippen LogP contribution in [0.15, 0.2) is 53.1 Å². The van der Waals surface area contributed by atoms with Crippen LogP contribution in [-0.2, 0) is 4.79 Å². The third kappa shape index (κ3) is 5.04. The quantitative estimate of drug-likeness (QED) is 0.787. The van der Waals surface area contributed by atoms with Crippen molar-refractivity contribution in [3.63, 3.8) is 0 Å². The first-order valence-electron chi connectivity index (χ1n) is 7.75. The summed E-state index contributed by atoms with van der Waals surface area (Å²) in [6.45, 7) is 5.27. The Kier molecular flexibility index (Phi) is 6.22. The molecule has 0 fully saturated rings. The molecule has 4 heteroatoms. The summed E-state index contributed by atoms with van der Waals surface area (Å²) in [7, 11) is 0. The van der Waals surface area contributed by atoms with E-state index in [1.165, 1.54) is 0 Å². The highest BCUT2D eigenvalue weighted by molar-refractivity contribution is 5.78. The summed E-state index contributed by atoms with van der Waals surface area (Å²) in [6.07, 6.45) is 2.64. The van der Waals surface area contributed by atoms with Gasteiger partial charge >= 0.3 is 0 Å². The van der Waals surface area contributed by atoms with Gasteiger partial charge in [0.2, 0.25) is 5.91 Å². The predicted octanol–water partition coefficient (Wildman–Crippen LogP) is 3.12. The van der Waals surface area contributed by atoms with E-state index in [4.69, 9.17) is 4.42 Å². The van der Waals surface area contributed by atoms with E-state index in [-0.39, 0.29) is 18.5 Å². The van der Waals surface area contributed by atoms with E-state index in [0.717, 1.165) is 24.3 Å². The highest BCUT2D eigenvalue weighted by Crippen LogP contribution is 2.21. The van der Waals surface area contributed by atoms with Gasteiger partial charge in [0.25, 0.3) is 0 Å². The Morgan fingerprint density at radius 3 is 2.55 bits per heavy atom. The van der Waals surface area contributed by atoms with Crippen LogP contribution in [0.5, 0.6) is 0 Å². The summed E-state index contributed by atoms with van der Waals surface area (Å²) in [5.41, 5.74) is 1.08. The van der Waals surface area contributed by atoms with Gasteiger partial charge in [0.05, 0.1) is 18.8 Å². The molecule has 1 aromatic carbocycles. The van der Waals surface area contributed by atoms with Gasteiger partial charge in [-0.1, -0.05) is 44.2 Å². The second kappa shape index (κ2) is 8.39. The Morgan fingerprint density at radius 2 is 1.91 bits per heavy atom. The Bertz CT molecular complexity index is 550. The molecule has 118 valence electrons. The van der Waals surface area contributed by atoms with Crippen molar-refractivity contribution in [2.45, 2.75) is 26.3 Å². The highest BCUT2D eigenvalue weighted by atomic mass is 16.3. The number of furan rings is 1. The Labute approximate surface area is 131 Å². The van der Waals surface area contributed by atoms with Crippen molar-refractivity contribution < 1.29 is 9.21 Å². The molecular formula is C18H24N2O2. The summed E-state index contributed by atoms with van der Waals surface area (Å²) in [5, 5.41) is 6.20. The molecule has 0 saturated heterocycles. The predicted molar refractivity (Wildman–Crippen MR) is 87.5 cm³/mol. The highest BCUT2D eigenvalue weighted by Gasteiger charge is 2.17. The molecule has 0 radical (unpaired) electrons. The maximum atomic E-state index is 11.9. The van der Waals surface area contributed by atoms with Crippen LogP contribution in [0.25, 0.3) is 0 Å². The van der Waals surface area contributed by atoms with Crippen LogP contribution in [0, 0.1) is 5.92 Å². The molecule has 0 aliphatic rings. The molecule has 1 heterocycles. The molecule has 0 aliphatic carbocycles. The first-order valence-corrected chi connectivity index (χ1v) is 7.75. The molecule has 1 aromatic heterocycles. The zero-order chi connectivity index (χ0) is 15.8. The molecule has 2 aromatic rings. The molecule has 2 rings (SSSR count). The van der Waals surface area contributed by atoms with E-state index in [1.54, 1.807) is 6.26 Å². The lowest BCUT2D eigenvalue weighted by Gasteiger charge is -2.17. The molecule has 22 heavy (non-hydrogen) atoms. The monoisotopic (exact) mass is 300 g/mol. The van der Waals surface area contributed by atoms with Crippen molar-refractivity contribution in [3.05, 3.63) is 60.1 Å². The van der Waals surface area contributed by atoms with Crippen molar-refractivity contribution in [2.75, 3.05) is 13.1 Å². The fourth-order valence-electron chi connectivity index (χ4n) is 2.24. The van der Waals surface area contributed by atoms with Crippen LogP contribution in [0.3, 0.4) is 0 Å². The van der Waals surface area contributed by atoms with E-state index < -0.39 is 0 Å². The largest absolute Gasteiger partial charge is 0.467 e.